The number of hydrogen-bond acceptors (Lipinski definition) is 17. The normalized spacial score (nSPS) is 15.4. The van der Waals surface area contributed by atoms with Gasteiger partial charge in [0.15, 0.2) is 5.60 Å². The van der Waals surface area contributed by atoms with Crippen LogP contribution in [0.15, 0.2) is 46.2 Å². The molecule has 1 aliphatic heterocycles. The zero-order valence-electron chi connectivity index (χ0n) is 35.4. The minimum Gasteiger partial charge on any atom is -0.435 e. The summed E-state index contributed by atoms with van der Waals surface area (Å²) in [6.07, 6.45) is -0.153. The maximum Gasteiger partial charge on any atom is 0.509 e. The number of hydrogen-bond donors (Lipinski definition) is 7. The van der Waals surface area contributed by atoms with Crippen LogP contribution in [0.3, 0.4) is 0 Å². The predicted molar refractivity (Wildman–Crippen MR) is 217 cm³/mol. The van der Waals surface area contributed by atoms with E-state index < -0.39 is 81.4 Å². The Labute approximate surface area is 355 Å². The third-order valence-corrected chi connectivity index (χ3v) is 10.0. The van der Waals surface area contributed by atoms with Crippen molar-refractivity contribution in [3.63, 3.8) is 0 Å². The van der Waals surface area contributed by atoms with E-state index in [1.807, 2.05) is 18.7 Å². The van der Waals surface area contributed by atoms with E-state index in [1.54, 1.807) is 13.8 Å². The molecule has 340 valence electrons. The second kappa shape index (κ2) is 25.3. The van der Waals surface area contributed by atoms with Gasteiger partial charge in [0.05, 0.1) is 62.6 Å². The topological polar surface area (TPSA) is 316 Å². The van der Waals surface area contributed by atoms with Crippen LogP contribution in [0, 0.1) is 17.4 Å². The number of ketones is 1. The lowest BCUT2D eigenvalue weighted by molar-refractivity contribution is -0.146. The van der Waals surface area contributed by atoms with Crippen molar-refractivity contribution < 1.29 is 60.4 Å². The van der Waals surface area contributed by atoms with E-state index in [0.717, 1.165) is 25.3 Å². The molecule has 1 saturated heterocycles. The Bertz CT molecular complexity index is 1850. The van der Waals surface area contributed by atoms with Crippen LogP contribution in [0.25, 0.3) is 0 Å². The zero-order valence-corrected chi connectivity index (χ0v) is 36.2. The van der Waals surface area contributed by atoms with Crippen LogP contribution < -0.4 is 32.3 Å². The van der Waals surface area contributed by atoms with Gasteiger partial charge in [-0.15, -0.1) is 0 Å². The fourth-order valence-corrected chi connectivity index (χ4v) is 6.73. The summed E-state index contributed by atoms with van der Waals surface area (Å²) >= 11 is 0. The first-order valence-corrected chi connectivity index (χ1v) is 21.0. The molecule has 5 amide bonds. The Hall–Kier alpha value is -5.52. The fraction of sp³-hybridized carbons (Fsp3) is 0.605. The molecule has 0 aromatic heterocycles. The summed E-state index contributed by atoms with van der Waals surface area (Å²) in [5.74, 6) is -4.56. The van der Waals surface area contributed by atoms with Crippen molar-refractivity contribution in [2.75, 3.05) is 65.7 Å². The van der Waals surface area contributed by atoms with Gasteiger partial charge in [-0.2, -0.15) is 13.5 Å². The van der Waals surface area contributed by atoms with Crippen LogP contribution in [0.2, 0.25) is 0 Å². The molecule has 1 unspecified atom stereocenters. The Morgan fingerprint density at radius 3 is 2.11 bits per heavy atom. The second-order valence-electron chi connectivity index (χ2n) is 15.0. The van der Waals surface area contributed by atoms with Crippen molar-refractivity contribution in [1.29, 1.82) is 5.53 Å². The number of carbonyl (C=O) groups is 7. The third kappa shape index (κ3) is 18.3. The molecule has 1 aliphatic rings. The van der Waals surface area contributed by atoms with Gasteiger partial charge in [0.2, 0.25) is 29.4 Å². The predicted octanol–water partition coefficient (Wildman–Crippen LogP) is 0.0801. The van der Waals surface area contributed by atoms with Gasteiger partial charge in [-0.25, -0.2) is 10.3 Å². The Morgan fingerprint density at radius 2 is 1.52 bits per heavy atom. The zero-order chi connectivity index (χ0) is 45.8. The number of ether oxygens (including phenoxy) is 3. The maximum absolute atomic E-state index is 14.2. The highest BCUT2D eigenvalue weighted by atomic mass is 32.2. The highest BCUT2D eigenvalue weighted by Gasteiger charge is 2.44. The summed E-state index contributed by atoms with van der Waals surface area (Å²) in [6, 6.07) is 2.22. The molecule has 23 heteroatoms. The highest BCUT2D eigenvalue weighted by Crippen LogP contribution is 2.23. The van der Waals surface area contributed by atoms with Gasteiger partial charge in [0, 0.05) is 24.9 Å². The van der Waals surface area contributed by atoms with Crippen LogP contribution in [0.1, 0.15) is 64.7 Å². The molecule has 0 saturated carbocycles. The van der Waals surface area contributed by atoms with Gasteiger partial charge in [-0.1, -0.05) is 33.8 Å². The van der Waals surface area contributed by atoms with Crippen molar-refractivity contribution in [2.24, 2.45) is 22.7 Å². The van der Waals surface area contributed by atoms with Crippen LogP contribution in [0.5, 0.6) is 0 Å². The van der Waals surface area contributed by atoms with E-state index in [9.17, 15) is 42.0 Å². The number of nitrogens with one attached hydrogen (secondary N) is 6. The standard InChI is InChI=1S/C38H59N9O13S/c1-7-58-37(54)60-38(6,23-59-61(55,56)28-10-8-9-26(17-28)35(52)42-19-27(18-39)46-40)34(51)29(15-24(2)3)44-32(49)21-43-36(53)30(16-25(4)5)45-31(48)20-41-33(50)22-47-11-13-57-14-12-47/h8-10,17-18,24-25,29-30,40H,7,11-16,19-23,39H2,1-6H3,(H,41,50)(H,42,52)(H,43,53)(H,44,49)(H,45,48)/b27-18-,46-40?/t29-,30-,38?/m0/s1. The molecule has 0 bridgehead atoms. The molecular formula is C38H59N9O13S. The quantitative estimate of drug-likeness (QED) is 0.0389. The largest absolute Gasteiger partial charge is 0.509 e. The van der Waals surface area contributed by atoms with E-state index in [4.69, 9.17) is 29.7 Å². The first-order chi connectivity index (χ1) is 28.7. The van der Waals surface area contributed by atoms with Gasteiger partial charge in [-0.05, 0) is 56.7 Å². The molecule has 0 aliphatic carbocycles. The smallest absolute Gasteiger partial charge is 0.435 e. The molecule has 1 aromatic carbocycles. The minimum absolute atomic E-state index is 0.0257. The van der Waals surface area contributed by atoms with Gasteiger partial charge >= 0.3 is 6.16 Å². The molecule has 8 N–H and O–H groups in total. The van der Waals surface area contributed by atoms with Crippen molar-refractivity contribution in [2.45, 2.75) is 77.0 Å². The molecule has 3 atom stereocenters. The van der Waals surface area contributed by atoms with Crippen LogP contribution in [-0.4, -0.2) is 138 Å². The summed E-state index contributed by atoms with van der Waals surface area (Å²) in [6.45, 7) is 9.43. The van der Waals surface area contributed by atoms with E-state index in [2.05, 4.69) is 31.7 Å². The SMILES string of the molecule is CCOC(=O)OC(C)(COS(=O)(=O)c1cccc(C(=O)NC/C(=C/N)N=N)c1)C(=O)[C@H](CC(C)C)NC(=O)CNC(=O)[C@H](CC(C)C)NC(=O)CNC(=O)CN1CCOCC1. The van der Waals surface area contributed by atoms with Crippen LogP contribution in [0.4, 0.5) is 4.79 Å². The lowest BCUT2D eigenvalue weighted by Crippen LogP contribution is -2.57. The van der Waals surface area contributed by atoms with E-state index in [1.165, 1.54) is 19.1 Å². The number of morpholine rings is 1. The van der Waals surface area contributed by atoms with Crippen molar-refractivity contribution in [1.82, 2.24) is 31.5 Å². The van der Waals surface area contributed by atoms with Crippen LogP contribution in [-0.2, 0) is 52.5 Å². The molecule has 1 aromatic rings. The molecular weight excluding hydrogens is 823 g/mol. The first kappa shape index (κ1) is 51.6. The molecule has 22 nitrogen and oxygen atoms in total. The van der Waals surface area contributed by atoms with Crippen molar-refractivity contribution >= 4 is 51.6 Å². The fourth-order valence-electron chi connectivity index (χ4n) is 5.69. The summed E-state index contributed by atoms with van der Waals surface area (Å²) < 4.78 is 47.5. The lowest BCUT2D eigenvalue weighted by atomic mass is 9.90. The Balaban J connectivity index is 2.18. The van der Waals surface area contributed by atoms with Crippen molar-refractivity contribution in [3.05, 3.63) is 41.7 Å². The number of carbonyl (C=O) groups excluding carboxylic acids is 7. The minimum atomic E-state index is -4.74. The van der Waals surface area contributed by atoms with Crippen LogP contribution >= 0.6 is 0 Å². The average Bonchev–Trinajstić information content (AvgIpc) is 3.21. The number of nitrogens with two attached hydrogens (primary N) is 1. The van der Waals surface area contributed by atoms with E-state index in [0.29, 0.717) is 26.3 Å². The average molecular weight is 882 g/mol. The Morgan fingerprint density at radius 1 is 0.918 bits per heavy atom. The highest BCUT2D eigenvalue weighted by molar-refractivity contribution is 7.86. The molecule has 0 radical (unpaired) electrons. The summed E-state index contributed by atoms with van der Waals surface area (Å²) in [4.78, 5) is 92.4. The van der Waals surface area contributed by atoms with Gasteiger partial charge < -0.3 is 46.5 Å². The van der Waals surface area contributed by atoms with Gasteiger partial charge in [0.1, 0.15) is 12.6 Å². The van der Waals surface area contributed by atoms with Gasteiger partial charge in [0.25, 0.3) is 16.0 Å². The summed E-state index contributed by atoms with van der Waals surface area (Å²) in [7, 11) is -4.74. The Kier molecular flexibility index (Phi) is 21.4. The summed E-state index contributed by atoms with van der Waals surface area (Å²) in [5, 5.41) is 15.7. The summed E-state index contributed by atoms with van der Waals surface area (Å²) in [5.41, 5.74) is 9.94. The maximum atomic E-state index is 14.2. The number of nitrogens with zero attached hydrogens (tertiary/aromatic N) is 2. The van der Waals surface area contributed by atoms with Gasteiger partial charge in [-0.3, -0.25) is 37.9 Å². The number of rotatable bonds is 25. The lowest BCUT2D eigenvalue weighted by Gasteiger charge is -2.31. The third-order valence-electron chi connectivity index (χ3n) is 8.79. The number of benzene rings is 1. The number of amides is 5. The number of Topliss-reactive ketones (excluding diaryl/α,β-unsaturated/α-hetero) is 1. The second-order valence-corrected chi connectivity index (χ2v) is 16.6. The molecule has 2 rings (SSSR count). The molecule has 61 heavy (non-hydrogen) atoms. The molecule has 1 fully saturated rings. The molecule has 0 spiro atoms. The monoisotopic (exact) mass is 881 g/mol. The van der Waals surface area contributed by atoms with E-state index in [-0.39, 0.29) is 68.1 Å². The van der Waals surface area contributed by atoms with E-state index >= 15 is 0 Å². The van der Waals surface area contributed by atoms with Crippen molar-refractivity contribution in [3.8, 4) is 0 Å². The first-order valence-electron chi connectivity index (χ1n) is 19.6. The molecule has 1 heterocycles.